The molecule has 0 radical (unpaired) electrons. The van der Waals surface area contributed by atoms with Crippen LogP contribution in [0.2, 0.25) is 0 Å². The number of carbonyl (C=O) groups excluding carboxylic acids is 1. The maximum Gasteiger partial charge on any atom is 0.254 e. The Morgan fingerprint density at radius 2 is 2.18 bits per heavy atom. The van der Waals surface area contributed by atoms with Crippen molar-refractivity contribution in [3.63, 3.8) is 0 Å². The van der Waals surface area contributed by atoms with Gasteiger partial charge in [0.1, 0.15) is 0 Å². The van der Waals surface area contributed by atoms with Crippen molar-refractivity contribution in [3.05, 3.63) is 34.2 Å². The van der Waals surface area contributed by atoms with Crippen LogP contribution in [0.1, 0.15) is 41.5 Å². The molecule has 0 N–H and O–H groups in total. The first-order valence-corrected chi connectivity index (χ1v) is 8.45. The summed E-state index contributed by atoms with van der Waals surface area (Å²) in [5.41, 5.74) is 0.791. The summed E-state index contributed by atoms with van der Waals surface area (Å²) in [5.74, 6) is 1.37. The first-order chi connectivity index (χ1) is 10.6. The summed E-state index contributed by atoms with van der Waals surface area (Å²) in [6.07, 6.45) is 0.952. The second-order valence-corrected chi connectivity index (χ2v) is 6.31. The predicted octanol–water partition coefficient (Wildman–Crippen LogP) is 2.35. The van der Waals surface area contributed by atoms with Gasteiger partial charge >= 0.3 is 0 Å². The summed E-state index contributed by atoms with van der Waals surface area (Å²) >= 11 is 1.56. The van der Waals surface area contributed by atoms with Gasteiger partial charge in [0.2, 0.25) is 11.8 Å². The van der Waals surface area contributed by atoms with Gasteiger partial charge in [-0.1, -0.05) is 0 Å². The van der Waals surface area contributed by atoms with Crippen molar-refractivity contribution < 1.29 is 9.21 Å². The van der Waals surface area contributed by atoms with E-state index in [1.165, 1.54) is 0 Å². The quantitative estimate of drug-likeness (QED) is 0.868. The van der Waals surface area contributed by atoms with Crippen LogP contribution in [0.4, 0.5) is 0 Å². The number of thiophene rings is 1. The van der Waals surface area contributed by atoms with E-state index in [-0.39, 0.29) is 11.9 Å². The minimum absolute atomic E-state index is 0.0809. The molecular formula is C15H20N4O2S. The van der Waals surface area contributed by atoms with Crippen molar-refractivity contribution >= 4 is 17.2 Å². The van der Waals surface area contributed by atoms with Gasteiger partial charge in [-0.05, 0) is 24.8 Å². The van der Waals surface area contributed by atoms with Crippen molar-refractivity contribution in [1.82, 2.24) is 20.0 Å². The summed E-state index contributed by atoms with van der Waals surface area (Å²) in [4.78, 5) is 16.7. The molecule has 22 heavy (non-hydrogen) atoms. The minimum atomic E-state index is 0.0809. The monoisotopic (exact) mass is 320 g/mol. The van der Waals surface area contributed by atoms with E-state index in [4.69, 9.17) is 4.42 Å². The van der Waals surface area contributed by atoms with Crippen LogP contribution in [0.25, 0.3) is 0 Å². The third-order valence-corrected chi connectivity index (χ3v) is 4.72. The minimum Gasteiger partial charge on any atom is -0.424 e. The van der Waals surface area contributed by atoms with Crippen LogP contribution in [0.15, 0.2) is 21.2 Å². The molecule has 2 aromatic rings. The Kier molecular flexibility index (Phi) is 4.54. The topological polar surface area (TPSA) is 62.5 Å². The Morgan fingerprint density at radius 1 is 1.32 bits per heavy atom. The summed E-state index contributed by atoms with van der Waals surface area (Å²) < 4.78 is 5.53. The molecule has 7 heteroatoms. The first kappa shape index (κ1) is 15.2. The lowest BCUT2D eigenvalue weighted by Gasteiger charge is -2.25. The molecule has 0 spiro atoms. The van der Waals surface area contributed by atoms with Crippen LogP contribution >= 0.6 is 11.3 Å². The number of rotatable bonds is 3. The Bertz CT molecular complexity index is 625. The SMILES string of the molecule is Cc1nnc(C(C)N2CCCN(C(=O)c3ccsc3)CC2)o1. The second kappa shape index (κ2) is 6.58. The summed E-state index contributed by atoms with van der Waals surface area (Å²) in [6.45, 7) is 7.14. The summed E-state index contributed by atoms with van der Waals surface area (Å²) in [5, 5.41) is 11.9. The lowest BCUT2D eigenvalue weighted by Crippen LogP contribution is -2.35. The standard InChI is InChI=1S/C15H20N4O2S/c1-11(14-17-16-12(2)21-14)18-5-3-6-19(8-7-18)15(20)13-4-9-22-10-13/h4,9-11H,3,5-8H2,1-2H3. The fraction of sp³-hybridized carbons (Fsp3) is 0.533. The zero-order chi connectivity index (χ0) is 15.5. The summed E-state index contributed by atoms with van der Waals surface area (Å²) in [6, 6.07) is 1.97. The van der Waals surface area contributed by atoms with Crippen molar-refractivity contribution in [2.24, 2.45) is 0 Å². The molecule has 3 heterocycles. The number of hydrogen-bond acceptors (Lipinski definition) is 6. The molecule has 3 rings (SSSR count). The van der Waals surface area contributed by atoms with E-state index in [0.717, 1.165) is 38.2 Å². The molecule has 118 valence electrons. The number of hydrogen-bond donors (Lipinski definition) is 0. The number of carbonyl (C=O) groups is 1. The van der Waals surface area contributed by atoms with Gasteiger partial charge in [0.15, 0.2) is 0 Å². The number of aromatic nitrogens is 2. The van der Waals surface area contributed by atoms with E-state index in [9.17, 15) is 4.79 Å². The maximum atomic E-state index is 12.4. The largest absolute Gasteiger partial charge is 0.424 e. The van der Waals surface area contributed by atoms with Gasteiger partial charge in [-0.15, -0.1) is 10.2 Å². The maximum absolute atomic E-state index is 12.4. The van der Waals surface area contributed by atoms with E-state index in [2.05, 4.69) is 22.0 Å². The van der Waals surface area contributed by atoms with Crippen molar-refractivity contribution in [3.8, 4) is 0 Å². The highest BCUT2D eigenvalue weighted by Crippen LogP contribution is 2.21. The molecular weight excluding hydrogens is 300 g/mol. The van der Waals surface area contributed by atoms with Gasteiger partial charge in [-0.2, -0.15) is 11.3 Å². The Morgan fingerprint density at radius 3 is 2.86 bits per heavy atom. The fourth-order valence-electron chi connectivity index (χ4n) is 2.73. The molecule has 0 aliphatic carbocycles. The zero-order valence-corrected chi connectivity index (χ0v) is 13.7. The van der Waals surface area contributed by atoms with Gasteiger partial charge in [0.05, 0.1) is 11.6 Å². The highest BCUT2D eigenvalue weighted by molar-refractivity contribution is 7.08. The van der Waals surface area contributed by atoms with Gasteiger partial charge in [-0.3, -0.25) is 9.69 Å². The highest BCUT2D eigenvalue weighted by atomic mass is 32.1. The lowest BCUT2D eigenvalue weighted by molar-refractivity contribution is 0.0758. The molecule has 1 aliphatic heterocycles. The van der Waals surface area contributed by atoms with Crippen LogP contribution in [0.3, 0.4) is 0 Å². The Balaban J connectivity index is 1.63. The molecule has 1 fully saturated rings. The van der Waals surface area contributed by atoms with E-state index >= 15 is 0 Å². The molecule has 1 unspecified atom stereocenters. The highest BCUT2D eigenvalue weighted by Gasteiger charge is 2.25. The third-order valence-electron chi connectivity index (χ3n) is 4.03. The van der Waals surface area contributed by atoms with E-state index in [0.29, 0.717) is 11.8 Å². The van der Waals surface area contributed by atoms with Crippen LogP contribution in [-0.2, 0) is 0 Å². The first-order valence-electron chi connectivity index (χ1n) is 7.50. The number of nitrogens with zero attached hydrogens (tertiary/aromatic N) is 4. The third kappa shape index (κ3) is 3.20. The van der Waals surface area contributed by atoms with Gasteiger partial charge in [0, 0.05) is 38.5 Å². The lowest BCUT2D eigenvalue weighted by atomic mass is 10.2. The zero-order valence-electron chi connectivity index (χ0n) is 12.9. The molecule has 1 saturated heterocycles. The second-order valence-electron chi connectivity index (χ2n) is 5.53. The van der Waals surface area contributed by atoms with Gasteiger partial charge in [0.25, 0.3) is 5.91 Å². The molecule has 0 bridgehead atoms. The van der Waals surface area contributed by atoms with E-state index < -0.39 is 0 Å². The Labute approximate surface area is 133 Å². The van der Waals surface area contributed by atoms with Crippen molar-refractivity contribution in [2.75, 3.05) is 26.2 Å². The molecule has 2 aromatic heterocycles. The summed E-state index contributed by atoms with van der Waals surface area (Å²) in [7, 11) is 0. The molecule has 6 nitrogen and oxygen atoms in total. The Hall–Kier alpha value is -1.73. The normalized spacial score (nSPS) is 18.2. The molecule has 1 atom stereocenters. The van der Waals surface area contributed by atoms with E-state index in [1.807, 2.05) is 21.7 Å². The van der Waals surface area contributed by atoms with Gasteiger partial charge < -0.3 is 9.32 Å². The van der Waals surface area contributed by atoms with Crippen LogP contribution in [-0.4, -0.2) is 52.1 Å². The number of aryl methyl sites for hydroxylation is 1. The smallest absolute Gasteiger partial charge is 0.254 e. The molecule has 0 aromatic carbocycles. The van der Waals surface area contributed by atoms with E-state index in [1.54, 1.807) is 18.3 Å². The average Bonchev–Trinajstić information content (AvgIpc) is 3.13. The fourth-order valence-corrected chi connectivity index (χ4v) is 3.36. The predicted molar refractivity (Wildman–Crippen MR) is 83.9 cm³/mol. The van der Waals surface area contributed by atoms with Crippen LogP contribution in [0, 0.1) is 6.92 Å². The average molecular weight is 320 g/mol. The van der Waals surface area contributed by atoms with Crippen molar-refractivity contribution in [2.45, 2.75) is 26.3 Å². The molecule has 0 saturated carbocycles. The van der Waals surface area contributed by atoms with Crippen LogP contribution in [0.5, 0.6) is 0 Å². The number of amides is 1. The molecule has 1 amide bonds. The van der Waals surface area contributed by atoms with Crippen LogP contribution < -0.4 is 0 Å². The van der Waals surface area contributed by atoms with Gasteiger partial charge in [-0.25, -0.2) is 0 Å². The van der Waals surface area contributed by atoms with Crippen molar-refractivity contribution in [1.29, 1.82) is 0 Å². The molecule has 1 aliphatic rings.